The molecule has 7 nitrogen and oxygen atoms in total. The second-order valence-corrected chi connectivity index (χ2v) is 11.3. The average molecular weight is 541 g/mol. The number of fused-ring (bicyclic) bond motifs is 1. The van der Waals surface area contributed by atoms with Crippen LogP contribution in [0.5, 0.6) is 0 Å². The van der Waals surface area contributed by atoms with Gasteiger partial charge in [0, 0.05) is 56.5 Å². The Labute approximate surface area is 227 Å². The highest BCUT2D eigenvalue weighted by atomic mass is 35.5. The molecule has 0 spiro atoms. The van der Waals surface area contributed by atoms with Crippen LogP contribution in [0.2, 0.25) is 5.02 Å². The molecule has 9 heteroatoms. The van der Waals surface area contributed by atoms with Crippen molar-refractivity contribution in [1.29, 1.82) is 0 Å². The van der Waals surface area contributed by atoms with Gasteiger partial charge in [0.1, 0.15) is 5.82 Å². The Hall–Kier alpha value is -2.97. The predicted molar refractivity (Wildman–Crippen MR) is 145 cm³/mol. The molecule has 2 aromatic carbocycles. The Morgan fingerprint density at radius 2 is 1.68 bits per heavy atom. The molecule has 0 aliphatic carbocycles. The molecule has 3 aliphatic rings. The minimum atomic E-state index is -0.661. The number of carbonyl (C=O) groups excluding carboxylic acids is 3. The van der Waals surface area contributed by atoms with Crippen molar-refractivity contribution in [2.45, 2.75) is 64.2 Å². The van der Waals surface area contributed by atoms with E-state index in [2.05, 4.69) is 17.1 Å². The van der Waals surface area contributed by atoms with Crippen molar-refractivity contribution in [1.82, 2.24) is 14.7 Å². The van der Waals surface area contributed by atoms with Gasteiger partial charge in [-0.1, -0.05) is 23.7 Å². The lowest BCUT2D eigenvalue weighted by molar-refractivity contribution is -0.144. The molecule has 5 rings (SSSR count). The van der Waals surface area contributed by atoms with E-state index in [1.807, 2.05) is 18.7 Å². The van der Waals surface area contributed by atoms with E-state index in [0.29, 0.717) is 54.6 Å². The summed E-state index contributed by atoms with van der Waals surface area (Å²) in [6.45, 7) is 9.03. The first-order valence-corrected chi connectivity index (χ1v) is 13.7. The van der Waals surface area contributed by atoms with Crippen LogP contribution in [0.1, 0.15) is 61.0 Å². The number of benzene rings is 2. The van der Waals surface area contributed by atoms with Gasteiger partial charge < -0.3 is 15.1 Å². The van der Waals surface area contributed by atoms with Crippen molar-refractivity contribution in [2.24, 2.45) is 0 Å². The Morgan fingerprint density at radius 3 is 2.37 bits per heavy atom. The molecule has 2 unspecified atom stereocenters. The van der Waals surface area contributed by atoms with Crippen LogP contribution in [0.15, 0.2) is 36.4 Å². The molecule has 38 heavy (non-hydrogen) atoms. The molecule has 3 heterocycles. The number of rotatable bonds is 5. The number of nitrogens with one attached hydrogen (secondary N) is 1. The maximum atomic E-state index is 13.8. The van der Waals surface area contributed by atoms with Crippen LogP contribution in [0.4, 0.5) is 10.1 Å². The summed E-state index contributed by atoms with van der Waals surface area (Å²) in [6, 6.07) is 9.64. The van der Waals surface area contributed by atoms with Gasteiger partial charge in [-0.2, -0.15) is 0 Å². The van der Waals surface area contributed by atoms with E-state index in [4.69, 9.17) is 11.6 Å². The molecule has 2 amide bonds. The van der Waals surface area contributed by atoms with E-state index in [1.54, 1.807) is 29.2 Å². The summed E-state index contributed by atoms with van der Waals surface area (Å²) in [5, 5.41) is 3.60. The molecule has 202 valence electrons. The lowest BCUT2D eigenvalue weighted by atomic mass is 9.89. The smallest absolute Gasteiger partial charge is 0.290 e. The molecule has 0 aromatic heterocycles. The Kier molecular flexibility index (Phi) is 7.47. The van der Waals surface area contributed by atoms with Crippen molar-refractivity contribution in [2.75, 3.05) is 31.5 Å². The number of nitrogens with zero attached hydrogens (tertiary/aromatic N) is 3. The first-order chi connectivity index (χ1) is 18.1. The fourth-order valence-corrected chi connectivity index (χ4v) is 6.24. The maximum Gasteiger partial charge on any atom is 0.290 e. The number of hydrogen-bond donors (Lipinski definition) is 1. The first-order valence-electron chi connectivity index (χ1n) is 13.4. The van der Waals surface area contributed by atoms with Crippen LogP contribution in [-0.2, 0) is 16.1 Å². The Balaban J connectivity index is 1.34. The van der Waals surface area contributed by atoms with Crippen molar-refractivity contribution in [3.05, 3.63) is 63.9 Å². The minimum Gasteiger partial charge on any atom is -0.381 e. The quantitative estimate of drug-likeness (QED) is 0.572. The van der Waals surface area contributed by atoms with Crippen LogP contribution in [-0.4, -0.2) is 76.6 Å². The van der Waals surface area contributed by atoms with Gasteiger partial charge in [0.05, 0.1) is 16.5 Å². The van der Waals surface area contributed by atoms with E-state index >= 15 is 0 Å². The number of hydrogen-bond acceptors (Lipinski definition) is 5. The number of Topliss-reactive ketones (excluding diaryl/α,β-unsaturated/α-hetero) is 1. The van der Waals surface area contributed by atoms with Gasteiger partial charge >= 0.3 is 0 Å². The zero-order valence-corrected chi connectivity index (χ0v) is 22.8. The minimum absolute atomic E-state index is 0.0744. The molecule has 0 radical (unpaired) electrons. The van der Waals surface area contributed by atoms with Gasteiger partial charge in [-0.15, -0.1) is 0 Å². The van der Waals surface area contributed by atoms with E-state index in [1.165, 1.54) is 12.1 Å². The summed E-state index contributed by atoms with van der Waals surface area (Å²) >= 11 is 6.61. The van der Waals surface area contributed by atoms with Gasteiger partial charge in [-0.25, -0.2) is 4.39 Å². The third-order valence-corrected chi connectivity index (χ3v) is 8.46. The van der Waals surface area contributed by atoms with Gasteiger partial charge in [0.25, 0.3) is 11.8 Å². The van der Waals surface area contributed by atoms with Crippen LogP contribution < -0.4 is 5.32 Å². The van der Waals surface area contributed by atoms with Gasteiger partial charge in [0.15, 0.2) is 0 Å². The molecule has 0 saturated carbocycles. The van der Waals surface area contributed by atoms with E-state index in [0.717, 1.165) is 18.4 Å². The third kappa shape index (κ3) is 5.04. The van der Waals surface area contributed by atoms with Gasteiger partial charge in [-0.05, 0) is 69.0 Å². The zero-order valence-electron chi connectivity index (χ0n) is 22.0. The fraction of sp³-hybridized carbons (Fsp3) is 0.483. The van der Waals surface area contributed by atoms with E-state index in [9.17, 15) is 18.8 Å². The molecular formula is C29H34ClFN4O3. The molecule has 2 saturated heterocycles. The number of amides is 2. The molecule has 4 atom stereocenters. The highest BCUT2D eigenvalue weighted by Crippen LogP contribution is 2.40. The van der Waals surface area contributed by atoms with Crippen molar-refractivity contribution < 1.29 is 18.8 Å². The number of carbonyl (C=O) groups is 3. The van der Waals surface area contributed by atoms with Gasteiger partial charge in [0.2, 0.25) is 5.78 Å². The van der Waals surface area contributed by atoms with Crippen molar-refractivity contribution >= 4 is 34.9 Å². The summed E-state index contributed by atoms with van der Waals surface area (Å²) in [4.78, 5) is 45.7. The van der Waals surface area contributed by atoms with Crippen LogP contribution >= 0.6 is 11.6 Å². The monoisotopic (exact) mass is 540 g/mol. The second-order valence-electron chi connectivity index (χ2n) is 10.9. The maximum absolute atomic E-state index is 13.8. The zero-order chi connectivity index (χ0) is 27.1. The Bertz CT molecular complexity index is 1250. The van der Waals surface area contributed by atoms with Crippen LogP contribution in [0.3, 0.4) is 0 Å². The summed E-state index contributed by atoms with van der Waals surface area (Å²) in [6.07, 6.45) is 1.83. The first kappa shape index (κ1) is 26.6. The lowest BCUT2D eigenvalue weighted by Gasteiger charge is -2.44. The molecule has 2 aromatic rings. The lowest BCUT2D eigenvalue weighted by Crippen LogP contribution is -2.57. The van der Waals surface area contributed by atoms with E-state index in [-0.39, 0.29) is 29.8 Å². The largest absolute Gasteiger partial charge is 0.381 e. The number of likely N-dealkylation sites (tertiary alicyclic amines) is 1. The predicted octanol–water partition coefficient (Wildman–Crippen LogP) is 4.30. The highest BCUT2D eigenvalue weighted by molar-refractivity contribution is 6.39. The van der Waals surface area contributed by atoms with Crippen molar-refractivity contribution in [3.63, 3.8) is 0 Å². The second kappa shape index (κ2) is 10.7. The Morgan fingerprint density at radius 1 is 1.00 bits per heavy atom. The summed E-state index contributed by atoms with van der Waals surface area (Å²) in [7, 11) is 0. The summed E-state index contributed by atoms with van der Waals surface area (Å²) in [5.74, 6) is -1.99. The molecule has 3 aliphatic heterocycles. The number of piperazine rings is 1. The van der Waals surface area contributed by atoms with Crippen molar-refractivity contribution in [3.8, 4) is 0 Å². The fourth-order valence-electron chi connectivity index (χ4n) is 5.99. The third-order valence-electron chi connectivity index (χ3n) is 8.15. The molecule has 2 fully saturated rings. The van der Waals surface area contributed by atoms with Crippen LogP contribution in [0.25, 0.3) is 0 Å². The summed E-state index contributed by atoms with van der Waals surface area (Å²) < 4.78 is 13.3. The normalized spacial score (nSPS) is 25.3. The topological polar surface area (TPSA) is 73.0 Å². The average Bonchev–Trinajstić information content (AvgIpc) is 3.53. The molecule has 0 bridgehead atoms. The molecular weight excluding hydrogens is 507 g/mol. The van der Waals surface area contributed by atoms with Crippen LogP contribution in [0, 0.1) is 5.82 Å². The summed E-state index contributed by atoms with van der Waals surface area (Å²) in [5.41, 5.74) is 2.71. The van der Waals surface area contributed by atoms with E-state index < -0.39 is 17.6 Å². The number of ketones is 1. The number of anilines is 1. The SMILES string of the molecule is CC1Nc2cc(Cl)c(C(=O)N3C[C@H](C)N(Cc4ccc(F)cc4)C[C@H]3C)cc2C1C(=O)C(=O)N1CCCC1. The van der Waals surface area contributed by atoms with Gasteiger partial charge in [-0.3, -0.25) is 19.3 Å². The standard InChI is InChI=1S/C29H34ClFN4O3/c1-17-15-35(18(2)14-34(17)16-20-6-8-21(31)9-7-20)28(37)22-12-23-25(13-24(22)30)32-19(3)26(23)27(36)29(38)33-10-4-5-11-33/h6-9,12-13,17-19,26,32H,4-5,10-11,14-16H2,1-3H3/t17-,18+,19?,26?/m0/s1. The number of halogens is 2. The molecule has 1 N–H and O–H groups in total. The highest BCUT2D eigenvalue weighted by Gasteiger charge is 2.41.